The van der Waals surface area contributed by atoms with Crippen molar-refractivity contribution < 1.29 is 17.9 Å². The Bertz CT molecular complexity index is 764. The molecule has 2 atom stereocenters. The number of aryl methyl sites for hydroxylation is 1. The van der Waals surface area contributed by atoms with Gasteiger partial charge in [0, 0.05) is 17.0 Å². The highest BCUT2D eigenvalue weighted by atomic mass is 19.2. The second-order valence-corrected chi connectivity index (χ2v) is 7.02. The smallest absolute Gasteiger partial charge is 0.167 e. The molecule has 0 saturated carbocycles. The van der Waals surface area contributed by atoms with E-state index in [9.17, 15) is 13.2 Å². The maximum Gasteiger partial charge on any atom is 0.167 e. The molecule has 0 aromatic heterocycles. The van der Waals surface area contributed by atoms with Crippen LogP contribution in [0.2, 0.25) is 0 Å². The van der Waals surface area contributed by atoms with Crippen molar-refractivity contribution in [3.63, 3.8) is 0 Å². The minimum Gasteiger partial charge on any atom is -0.378 e. The van der Waals surface area contributed by atoms with E-state index in [0.717, 1.165) is 31.2 Å². The van der Waals surface area contributed by atoms with E-state index in [0.29, 0.717) is 18.6 Å². The Balaban J connectivity index is 1.85. The quantitative estimate of drug-likeness (QED) is 0.598. The number of rotatable bonds is 5. The largest absolute Gasteiger partial charge is 0.378 e. The highest BCUT2D eigenvalue weighted by Gasteiger charge is 2.27. The maximum atomic E-state index is 14.7. The molecule has 2 aromatic carbocycles. The molecule has 1 nitrogen and oxygen atoms in total. The molecule has 0 spiro atoms. The van der Waals surface area contributed by atoms with Crippen LogP contribution < -0.4 is 0 Å². The van der Waals surface area contributed by atoms with Crippen molar-refractivity contribution in [2.45, 2.75) is 58.0 Å². The van der Waals surface area contributed by atoms with Crippen molar-refractivity contribution in [3.05, 3.63) is 58.9 Å². The molecular formula is C22H25F3O. The topological polar surface area (TPSA) is 9.23 Å². The molecule has 0 aliphatic carbocycles. The number of hydrogen-bond acceptors (Lipinski definition) is 1. The molecule has 140 valence electrons. The first-order chi connectivity index (χ1) is 12.5. The zero-order valence-electron chi connectivity index (χ0n) is 15.3. The molecule has 1 aliphatic rings. The SMILES string of the molecule is CCCC1CCC(c2ccc(-c3ccc(CC)cc3F)c(F)c2F)CO1. The lowest BCUT2D eigenvalue weighted by atomic mass is 9.88. The summed E-state index contributed by atoms with van der Waals surface area (Å²) in [7, 11) is 0. The van der Waals surface area contributed by atoms with Gasteiger partial charge in [-0.1, -0.05) is 44.5 Å². The molecule has 1 fully saturated rings. The first-order valence-corrected chi connectivity index (χ1v) is 9.43. The lowest BCUT2D eigenvalue weighted by Crippen LogP contribution is -2.25. The molecule has 4 heteroatoms. The number of ether oxygens (including phenoxy) is 1. The lowest BCUT2D eigenvalue weighted by molar-refractivity contribution is -0.00181. The molecule has 2 aromatic rings. The van der Waals surface area contributed by atoms with Crippen LogP contribution in [0.5, 0.6) is 0 Å². The van der Waals surface area contributed by atoms with E-state index < -0.39 is 17.5 Å². The van der Waals surface area contributed by atoms with Gasteiger partial charge >= 0.3 is 0 Å². The van der Waals surface area contributed by atoms with Crippen molar-refractivity contribution in [2.75, 3.05) is 6.61 Å². The van der Waals surface area contributed by atoms with Gasteiger partial charge in [-0.2, -0.15) is 0 Å². The van der Waals surface area contributed by atoms with Crippen LogP contribution in [-0.4, -0.2) is 12.7 Å². The van der Waals surface area contributed by atoms with E-state index >= 15 is 0 Å². The number of hydrogen-bond donors (Lipinski definition) is 0. The fraction of sp³-hybridized carbons (Fsp3) is 0.455. The molecule has 0 N–H and O–H groups in total. The van der Waals surface area contributed by atoms with Crippen LogP contribution in [-0.2, 0) is 11.2 Å². The summed E-state index contributed by atoms with van der Waals surface area (Å²) in [6.45, 7) is 4.43. The van der Waals surface area contributed by atoms with Gasteiger partial charge in [-0.05, 0) is 42.9 Å². The summed E-state index contributed by atoms with van der Waals surface area (Å²) in [6, 6.07) is 7.70. The van der Waals surface area contributed by atoms with E-state index in [2.05, 4.69) is 6.92 Å². The van der Waals surface area contributed by atoms with E-state index in [1.807, 2.05) is 6.92 Å². The molecule has 1 aliphatic heterocycles. The Hall–Kier alpha value is -1.81. The number of benzene rings is 2. The normalized spacial score (nSPS) is 20.3. The summed E-state index contributed by atoms with van der Waals surface area (Å²) in [5.74, 6) is -2.55. The summed E-state index contributed by atoms with van der Waals surface area (Å²) in [5.41, 5.74) is 1.21. The Morgan fingerprint density at radius 2 is 1.73 bits per heavy atom. The highest BCUT2D eigenvalue weighted by molar-refractivity contribution is 5.66. The van der Waals surface area contributed by atoms with Gasteiger partial charge in [0.2, 0.25) is 0 Å². The molecule has 2 unspecified atom stereocenters. The van der Waals surface area contributed by atoms with E-state index in [4.69, 9.17) is 4.74 Å². The summed E-state index contributed by atoms with van der Waals surface area (Å²) < 4.78 is 49.5. The van der Waals surface area contributed by atoms with E-state index in [-0.39, 0.29) is 23.1 Å². The van der Waals surface area contributed by atoms with Crippen molar-refractivity contribution in [3.8, 4) is 11.1 Å². The molecule has 26 heavy (non-hydrogen) atoms. The third-order valence-electron chi connectivity index (χ3n) is 5.26. The van der Waals surface area contributed by atoms with Gasteiger partial charge in [-0.25, -0.2) is 13.2 Å². The molecule has 0 amide bonds. The minimum atomic E-state index is -0.985. The second-order valence-electron chi connectivity index (χ2n) is 7.02. The van der Waals surface area contributed by atoms with Crippen molar-refractivity contribution in [1.29, 1.82) is 0 Å². The predicted molar refractivity (Wildman–Crippen MR) is 97.8 cm³/mol. The second kappa shape index (κ2) is 8.26. The van der Waals surface area contributed by atoms with Gasteiger partial charge in [-0.3, -0.25) is 0 Å². The standard InChI is InChI=1S/C22H25F3O/c1-3-5-16-8-7-15(13-26-16)17-10-11-19(22(25)21(17)24)18-9-6-14(4-2)12-20(18)23/h6,9-12,15-16H,3-5,7-8,13H2,1-2H3. The third kappa shape index (κ3) is 3.80. The molecule has 0 bridgehead atoms. The van der Waals surface area contributed by atoms with Gasteiger partial charge in [0.05, 0.1) is 12.7 Å². The van der Waals surface area contributed by atoms with Gasteiger partial charge < -0.3 is 4.74 Å². The fourth-order valence-corrected chi connectivity index (χ4v) is 3.69. The molecular weight excluding hydrogens is 337 g/mol. The number of halogens is 3. The zero-order chi connectivity index (χ0) is 18.7. The van der Waals surface area contributed by atoms with Gasteiger partial charge in [0.1, 0.15) is 5.82 Å². The Morgan fingerprint density at radius 1 is 0.962 bits per heavy atom. The Kier molecular flexibility index (Phi) is 6.02. The predicted octanol–water partition coefficient (Wildman–Crippen LogP) is 6.40. The minimum absolute atomic E-state index is 0.0352. The summed E-state index contributed by atoms with van der Waals surface area (Å²) in [4.78, 5) is 0. The van der Waals surface area contributed by atoms with Crippen LogP contribution >= 0.6 is 0 Å². The van der Waals surface area contributed by atoms with Gasteiger partial charge in [-0.15, -0.1) is 0 Å². The van der Waals surface area contributed by atoms with Gasteiger partial charge in [0.25, 0.3) is 0 Å². The molecule has 0 radical (unpaired) electrons. The average molecular weight is 362 g/mol. The van der Waals surface area contributed by atoms with Crippen molar-refractivity contribution >= 4 is 0 Å². The summed E-state index contributed by atoms with van der Waals surface area (Å²) in [6.07, 6.45) is 4.59. The van der Waals surface area contributed by atoms with Crippen molar-refractivity contribution in [1.82, 2.24) is 0 Å². The summed E-state index contributed by atoms with van der Waals surface area (Å²) in [5, 5.41) is 0. The van der Waals surface area contributed by atoms with Crippen LogP contribution in [0.4, 0.5) is 13.2 Å². The zero-order valence-corrected chi connectivity index (χ0v) is 15.3. The molecule has 1 saturated heterocycles. The Morgan fingerprint density at radius 3 is 2.35 bits per heavy atom. The van der Waals surface area contributed by atoms with E-state index in [1.165, 1.54) is 18.2 Å². The first-order valence-electron chi connectivity index (χ1n) is 9.43. The van der Waals surface area contributed by atoms with E-state index in [1.54, 1.807) is 12.1 Å². The highest BCUT2D eigenvalue weighted by Crippen LogP contribution is 2.35. The Labute approximate surface area is 153 Å². The third-order valence-corrected chi connectivity index (χ3v) is 5.26. The van der Waals surface area contributed by atoms with Crippen LogP contribution in [0, 0.1) is 17.5 Å². The first kappa shape index (κ1) is 19.0. The summed E-state index contributed by atoms with van der Waals surface area (Å²) >= 11 is 0. The average Bonchev–Trinajstić information content (AvgIpc) is 2.65. The maximum absolute atomic E-state index is 14.7. The van der Waals surface area contributed by atoms with Crippen LogP contribution in [0.15, 0.2) is 30.3 Å². The lowest BCUT2D eigenvalue weighted by Gasteiger charge is -2.29. The fourth-order valence-electron chi connectivity index (χ4n) is 3.69. The van der Waals surface area contributed by atoms with Crippen LogP contribution in [0.1, 0.15) is 56.6 Å². The van der Waals surface area contributed by atoms with Crippen molar-refractivity contribution in [2.24, 2.45) is 0 Å². The monoisotopic (exact) mass is 362 g/mol. The molecule has 3 rings (SSSR count). The van der Waals surface area contributed by atoms with Gasteiger partial charge in [0.15, 0.2) is 11.6 Å². The van der Waals surface area contributed by atoms with Crippen LogP contribution in [0.25, 0.3) is 11.1 Å². The van der Waals surface area contributed by atoms with Crippen LogP contribution in [0.3, 0.4) is 0 Å². The molecule has 1 heterocycles.